The summed E-state index contributed by atoms with van der Waals surface area (Å²) in [6.07, 6.45) is 0. The normalized spacial score (nSPS) is 9.83. The number of anilines is 1. The van der Waals surface area contributed by atoms with Crippen LogP contribution in [-0.2, 0) is 6.61 Å². The van der Waals surface area contributed by atoms with Crippen LogP contribution in [0.1, 0.15) is 5.56 Å². The van der Waals surface area contributed by atoms with Crippen molar-refractivity contribution in [2.45, 2.75) is 6.61 Å². The first-order valence-electron chi connectivity index (χ1n) is 5.27. The van der Waals surface area contributed by atoms with Crippen LogP contribution in [0.5, 0.6) is 5.19 Å². The van der Waals surface area contributed by atoms with Crippen molar-refractivity contribution in [2.24, 2.45) is 0 Å². The Morgan fingerprint density at radius 1 is 1.33 bits per heavy atom. The second kappa shape index (κ2) is 5.97. The maximum Gasteiger partial charge on any atom is 0.320 e. The second-order valence-corrected chi connectivity index (χ2v) is 4.29. The van der Waals surface area contributed by atoms with Gasteiger partial charge in [-0.25, -0.2) is 4.79 Å². The van der Waals surface area contributed by atoms with E-state index in [1.54, 1.807) is 0 Å². The number of nitrogens with one attached hydrogen (secondary N) is 2. The highest BCUT2D eigenvalue weighted by atomic mass is 32.1. The fourth-order valence-electron chi connectivity index (χ4n) is 1.20. The SMILES string of the molecule is CNC(=O)Nc1nnc(OCc2ccccc2)s1. The van der Waals surface area contributed by atoms with Crippen LogP contribution >= 0.6 is 11.3 Å². The van der Waals surface area contributed by atoms with E-state index in [0.717, 1.165) is 5.56 Å². The molecule has 0 saturated carbocycles. The van der Waals surface area contributed by atoms with Crippen LogP contribution in [0.4, 0.5) is 9.93 Å². The van der Waals surface area contributed by atoms with Gasteiger partial charge in [0.1, 0.15) is 6.61 Å². The van der Waals surface area contributed by atoms with Crippen LogP contribution in [0.2, 0.25) is 0 Å². The van der Waals surface area contributed by atoms with Gasteiger partial charge < -0.3 is 10.1 Å². The van der Waals surface area contributed by atoms with Gasteiger partial charge in [0.05, 0.1) is 0 Å². The summed E-state index contributed by atoms with van der Waals surface area (Å²) in [6, 6.07) is 9.42. The molecule has 0 aliphatic heterocycles. The van der Waals surface area contributed by atoms with Gasteiger partial charge in [-0.2, -0.15) is 0 Å². The molecule has 0 bridgehead atoms. The Balaban J connectivity index is 1.89. The number of benzene rings is 1. The Kier molecular flexibility index (Phi) is 4.08. The Labute approximate surface area is 108 Å². The van der Waals surface area contributed by atoms with E-state index in [0.29, 0.717) is 16.9 Å². The number of carbonyl (C=O) groups excluding carboxylic acids is 1. The summed E-state index contributed by atoms with van der Waals surface area (Å²) < 4.78 is 5.46. The van der Waals surface area contributed by atoms with Crippen molar-refractivity contribution in [3.05, 3.63) is 35.9 Å². The fraction of sp³-hybridized carbons (Fsp3) is 0.182. The van der Waals surface area contributed by atoms with Gasteiger partial charge in [-0.05, 0) is 16.9 Å². The highest BCUT2D eigenvalue weighted by Crippen LogP contribution is 2.22. The molecule has 18 heavy (non-hydrogen) atoms. The van der Waals surface area contributed by atoms with Crippen molar-refractivity contribution in [3.8, 4) is 5.19 Å². The van der Waals surface area contributed by atoms with Crippen molar-refractivity contribution in [1.29, 1.82) is 0 Å². The summed E-state index contributed by atoms with van der Waals surface area (Å²) in [5.41, 5.74) is 1.05. The molecule has 2 aromatic rings. The first-order valence-corrected chi connectivity index (χ1v) is 6.08. The number of hydrogen-bond acceptors (Lipinski definition) is 5. The lowest BCUT2D eigenvalue weighted by Crippen LogP contribution is -2.24. The molecule has 2 amide bonds. The van der Waals surface area contributed by atoms with Crippen LogP contribution in [0.15, 0.2) is 30.3 Å². The van der Waals surface area contributed by atoms with E-state index in [4.69, 9.17) is 4.74 Å². The Hall–Kier alpha value is -2.15. The standard InChI is InChI=1S/C11H12N4O2S/c1-12-9(16)13-10-14-15-11(18-10)17-7-8-5-3-2-4-6-8/h2-6H,7H2,1H3,(H2,12,13,14,16). The highest BCUT2D eigenvalue weighted by Gasteiger charge is 2.07. The van der Waals surface area contributed by atoms with Gasteiger partial charge in [0.25, 0.3) is 5.19 Å². The van der Waals surface area contributed by atoms with Gasteiger partial charge in [-0.15, -0.1) is 5.10 Å². The Morgan fingerprint density at radius 3 is 2.83 bits per heavy atom. The number of carbonyl (C=O) groups is 1. The van der Waals surface area contributed by atoms with Crippen molar-refractivity contribution in [3.63, 3.8) is 0 Å². The third kappa shape index (κ3) is 3.42. The van der Waals surface area contributed by atoms with E-state index in [9.17, 15) is 4.79 Å². The van der Waals surface area contributed by atoms with Crippen LogP contribution in [0.3, 0.4) is 0 Å². The molecule has 7 heteroatoms. The molecular weight excluding hydrogens is 252 g/mol. The molecule has 0 unspecified atom stereocenters. The number of amides is 2. The van der Waals surface area contributed by atoms with E-state index >= 15 is 0 Å². The zero-order valence-electron chi connectivity index (χ0n) is 9.71. The molecule has 0 saturated heterocycles. The molecule has 2 rings (SSSR count). The molecular formula is C11H12N4O2S. The van der Waals surface area contributed by atoms with Gasteiger partial charge in [-0.3, -0.25) is 5.32 Å². The molecule has 0 atom stereocenters. The minimum absolute atomic E-state index is 0.333. The zero-order valence-corrected chi connectivity index (χ0v) is 10.5. The van der Waals surface area contributed by atoms with E-state index in [1.165, 1.54) is 18.4 Å². The van der Waals surface area contributed by atoms with Crippen molar-refractivity contribution < 1.29 is 9.53 Å². The van der Waals surface area contributed by atoms with Crippen LogP contribution in [0.25, 0.3) is 0 Å². The molecule has 1 aromatic heterocycles. The second-order valence-electron chi connectivity index (χ2n) is 3.35. The van der Waals surface area contributed by atoms with Crippen molar-refractivity contribution in [1.82, 2.24) is 15.5 Å². The average molecular weight is 264 g/mol. The summed E-state index contributed by atoms with van der Waals surface area (Å²) in [7, 11) is 1.53. The Morgan fingerprint density at radius 2 is 2.11 bits per heavy atom. The molecule has 0 aliphatic carbocycles. The smallest absolute Gasteiger partial charge is 0.320 e. The molecule has 1 aromatic carbocycles. The minimum Gasteiger partial charge on any atom is -0.464 e. The molecule has 0 radical (unpaired) electrons. The molecule has 0 fully saturated rings. The fourth-order valence-corrected chi connectivity index (χ4v) is 1.79. The largest absolute Gasteiger partial charge is 0.464 e. The van der Waals surface area contributed by atoms with Crippen molar-refractivity contribution >= 4 is 22.5 Å². The minimum atomic E-state index is -0.333. The van der Waals surface area contributed by atoms with E-state index in [2.05, 4.69) is 20.8 Å². The van der Waals surface area contributed by atoms with Crippen LogP contribution in [0, 0.1) is 0 Å². The maximum absolute atomic E-state index is 11.0. The van der Waals surface area contributed by atoms with Crippen molar-refractivity contribution in [2.75, 3.05) is 12.4 Å². The van der Waals surface area contributed by atoms with Gasteiger partial charge in [-0.1, -0.05) is 35.4 Å². The summed E-state index contributed by atoms with van der Waals surface area (Å²) >= 11 is 1.18. The van der Waals surface area contributed by atoms with Gasteiger partial charge in [0, 0.05) is 7.05 Å². The van der Waals surface area contributed by atoms with Gasteiger partial charge in [0.2, 0.25) is 5.13 Å². The van der Waals surface area contributed by atoms with Gasteiger partial charge in [0.15, 0.2) is 0 Å². The molecule has 1 heterocycles. The predicted molar refractivity (Wildman–Crippen MR) is 68.8 cm³/mol. The third-order valence-corrected chi connectivity index (χ3v) is 2.81. The lowest BCUT2D eigenvalue weighted by molar-refractivity contribution is 0.254. The Bertz CT molecular complexity index is 515. The van der Waals surface area contributed by atoms with E-state index < -0.39 is 0 Å². The quantitative estimate of drug-likeness (QED) is 0.883. The lowest BCUT2D eigenvalue weighted by Gasteiger charge is -2.00. The zero-order chi connectivity index (χ0) is 12.8. The molecule has 6 nitrogen and oxygen atoms in total. The highest BCUT2D eigenvalue weighted by molar-refractivity contribution is 7.17. The summed E-state index contributed by atoms with van der Waals surface area (Å²) in [4.78, 5) is 11.0. The molecule has 0 spiro atoms. The molecule has 0 aliphatic rings. The molecule has 2 N–H and O–H groups in total. The summed E-state index contributed by atoms with van der Waals surface area (Å²) in [5.74, 6) is 0. The number of urea groups is 1. The lowest BCUT2D eigenvalue weighted by atomic mass is 10.2. The predicted octanol–water partition coefficient (Wildman–Crippen LogP) is 1.87. The summed E-state index contributed by atoms with van der Waals surface area (Å²) in [6.45, 7) is 0.426. The number of ether oxygens (including phenoxy) is 1. The first-order chi connectivity index (χ1) is 8.78. The van der Waals surface area contributed by atoms with Crippen LogP contribution < -0.4 is 15.4 Å². The summed E-state index contributed by atoms with van der Waals surface area (Å²) in [5, 5.41) is 13.4. The number of aromatic nitrogens is 2. The maximum atomic E-state index is 11.0. The third-order valence-electron chi connectivity index (χ3n) is 2.06. The van der Waals surface area contributed by atoms with E-state index in [-0.39, 0.29) is 6.03 Å². The van der Waals surface area contributed by atoms with E-state index in [1.807, 2.05) is 30.3 Å². The van der Waals surface area contributed by atoms with Gasteiger partial charge >= 0.3 is 6.03 Å². The number of hydrogen-bond donors (Lipinski definition) is 2. The van der Waals surface area contributed by atoms with Crippen LogP contribution in [-0.4, -0.2) is 23.3 Å². The number of rotatable bonds is 4. The molecule has 94 valence electrons. The number of nitrogens with zero attached hydrogens (tertiary/aromatic N) is 2. The topological polar surface area (TPSA) is 76.1 Å². The first kappa shape index (κ1) is 12.3. The monoisotopic (exact) mass is 264 g/mol. The average Bonchev–Trinajstić information content (AvgIpc) is 2.85.